The van der Waals surface area contributed by atoms with E-state index in [1.54, 1.807) is 11.8 Å². The van der Waals surface area contributed by atoms with Crippen molar-refractivity contribution in [3.63, 3.8) is 0 Å². The van der Waals surface area contributed by atoms with Crippen molar-refractivity contribution in [1.29, 1.82) is 0 Å². The lowest BCUT2D eigenvalue weighted by Gasteiger charge is -2.28. The summed E-state index contributed by atoms with van der Waals surface area (Å²) in [6.07, 6.45) is 2.50. The number of hydrogen-bond donors (Lipinski definition) is 0. The van der Waals surface area contributed by atoms with Gasteiger partial charge < -0.3 is 4.90 Å². The van der Waals surface area contributed by atoms with E-state index in [0.29, 0.717) is 18.7 Å². The highest BCUT2D eigenvalue weighted by Crippen LogP contribution is 2.22. The summed E-state index contributed by atoms with van der Waals surface area (Å²) in [5.74, 6) is 1.64. The van der Waals surface area contributed by atoms with Gasteiger partial charge in [0.15, 0.2) is 9.84 Å². The molecule has 0 spiro atoms. The van der Waals surface area contributed by atoms with Crippen LogP contribution in [0.4, 0.5) is 0 Å². The third-order valence-electron chi connectivity index (χ3n) is 4.71. The van der Waals surface area contributed by atoms with E-state index in [1.807, 2.05) is 4.90 Å². The quantitative estimate of drug-likeness (QED) is 0.691. The molecule has 140 valence electrons. The zero-order valence-corrected chi connectivity index (χ0v) is 17.1. The van der Waals surface area contributed by atoms with Crippen molar-refractivity contribution in [2.45, 2.75) is 51.8 Å². The van der Waals surface area contributed by atoms with E-state index in [9.17, 15) is 13.2 Å². The van der Waals surface area contributed by atoms with Gasteiger partial charge in [-0.25, -0.2) is 8.42 Å². The Hall–Kier alpha value is -1.01. The molecule has 1 heterocycles. The van der Waals surface area contributed by atoms with Gasteiger partial charge in [-0.05, 0) is 37.8 Å². The van der Waals surface area contributed by atoms with Crippen LogP contribution in [0.5, 0.6) is 0 Å². The van der Waals surface area contributed by atoms with Gasteiger partial charge in [-0.1, -0.05) is 37.1 Å². The van der Waals surface area contributed by atoms with E-state index in [-0.39, 0.29) is 23.5 Å². The van der Waals surface area contributed by atoms with Crippen molar-refractivity contribution in [1.82, 2.24) is 4.90 Å². The Morgan fingerprint density at radius 3 is 2.72 bits per heavy atom. The molecule has 0 radical (unpaired) electrons. The maximum absolute atomic E-state index is 12.7. The number of thioether (sulfide) groups is 1. The molecule has 0 bridgehead atoms. The normalized spacial score (nSPS) is 19.1. The average Bonchev–Trinajstić information content (AvgIpc) is 2.91. The van der Waals surface area contributed by atoms with Gasteiger partial charge in [-0.2, -0.15) is 0 Å². The highest BCUT2D eigenvalue weighted by Gasteiger charge is 2.34. The Kier molecular flexibility index (Phi) is 7.37. The van der Waals surface area contributed by atoms with Gasteiger partial charge in [-0.15, -0.1) is 11.8 Å². The van der Waals surface area contributed by atoms with Crippen LogP contribution in [0.15, 0.2) is 18.2 Å². The predicted molar refractivity (Wildman–Crippen MR) is 106 cm³/mol. The maximum Gasteiger partial charge on any atom is 0.232 e. The lowest BCUT2D eigenvalue weighted by molar-refractivity contribution is -0.130. The summed E-state index contributed by atoms with van der Waals surface area (Å²) in [6, 6.07) is 6.25. The zero-order chi connectivity index (χ0) is 18.4. The van der Waals surface area contributed by atoms with Crippen LogP contribution in [0.3, 0.4) is 0 Å². The highest BCUT2D eigenvalue weighted by molar-refractivity contribution is 7.99. The number of carbonyl (C=O) groups is 1. The van der Waals surface area contributed by atoms with Gasteiger partial charge in [0.05, 0.1) is 17.3 Å². The van der Waals surface area contributed by atoms with Crippen molar-refractivity contribution in [2.75, 3.05) is 23.8 Å². The molecular weight excluding hydrogens is 354 g/mol. The maximum atomic E-state index is 12.7. The molecule has 0 saturated carbocycles. The van der Waals surface area contributed by atoms with Crippen LogP contribution in [0.25, 0.3) is 0 Å². The fraction of sp³-hybridized carbons (Fsp3) is 0.632. The van der Waals surface area contributed by atoms with E-state index >= 15 is 0 Å². The van der Waals surface area contributed by atoms with Gasteiger partial charge in [0.2, 0.25) is 5.91 Å². The molecule has 25 heavy (non-hydrogen) atoms. The fourth-order valence-corrected chi connectivity index (χ4v) is 5.85. The summed E-state index contributed by atoms with van der Waals surface area (Å²) in [6.45, 7) is 6.92. The molecule has 1 aliphatic rings. The molecule has 1 atom stereocenters. The van der Waals surface area contributed by atoms with Gasteiger partial charge in [0.1, 0.15) is 0 Å². The first-order valence-corrected chi connectivity index (χ1v) is 11.9. The molecule has 0 aromatic heterocycles. The van der Waals surface area contributed by atoms with Crippen molar-refractivity contribution < 1.29 is 13.2 Å². The third kappa shape index (κ3) is 6.03. The topological polar surface area (TPSA) is 54.5 Å². The fourth-order valence-electron chi connectivity index (χ4n) is 3.15. The Morgan fingerprint density at radius 1 is 1.32 bits per heavy atom. The Balaban J connectivity index is 1.93. The largest absolute Gasteiger partial charge is 0.338 e. The Bertz CT molecular complexity index is 701. The summed E-state index contributed by atoms with van der Waals surface area (Å²) in [7, 11) is -2.97. The summed E-state index contributed by atoms with van der Waals surface area (Å²) in [5.41, 5.74) is 3.74. The average molecular weight is 384 g/mol. The first-order valence-electron chi connectivity index (χ1n) is 8.96. The van der Waals surface area contributed by atoms with E-state index in [4.69, 9.17) is 0 Å². The van der Waals surface area contributed by atoms with Crippen molar-refractivity contribution in [3.05, 3.63) is 34.9 Å². The minimum absolute atomic E-state index is 0.0749. The molecule has 6 heteroatoms. The van der Waals surface area contributed by atoms with Crippen molar-refractivity contribution >= 4 is 27.5 Å². The summed E-state index contributed by atoms with van der Waals surface area (Å²) in [5, 5.41) is 0. The number of hydrogen-bond acceptors (Lipinski definition) is 4. The number of rotatable bonds is 8. The number of benzene rings is 1. The van der Waals surface area contributed by atoms with Crippen LogP contribution in [-0.2, 0) is 20.4 Å². The van der Waals surface area contributed by atoms with Gasteiger partial charge in [0.25, 0.3) is 0 Å². The molecule has 1 fully saturated rings. The van der Waals surface area contributed by atoms with E-state index in [1.165, 1.54) is 16.7 Å². The first kappa shape index (κ1) is 20.3. The van der Waals surface area contributed by atoms with Crippen LogP contribution in [0.2, 0.25) is 0 Å². The standard InChI is InChI=1S/C19H29NO3S2/c1-4-5-9-20(18-8-10-25(22,23)14-18)19(21)13-24-12-17-11-15(2)6-7-16(17)3/h6-7,11,18H,4-5,8-10,12-14H2,1-3H3. The molecule has 0 aliphatic carbocycles. The second-order valence-electron chi connectivity index (χ2n) is 6.92. The number of nitrogens with zero attached hydrogens (tertiary/aromatic N) is 1. The molecule has 1 aromatic carbocycles. The van der Waals surface area contributed by atoms with Crippen LogP contribution in [-0.4, -0.2) is 49.1 Å². The summed E-state index contributed by atoms with van der Waals surface area (Å²) < 4.78 is 23.5. The molecule has 1 unspecified atom stereocenters. The molecule has 1 amide bonds. The summed E-state index contributed by atoms with van der Waals surface area (Å²) in [4.78, 5) is 14.5. The molecule has 0 N–H and O–H groups in total. The molecule has 1 saturated heterocycles. The molecule has 4 nitrogen and oxygen atoms in total. The minimum Gasteiger partial charge on any atom is -0.338 e. The molecular formula is C19H29NO3S2. The number of aryl methyl sites for hydroxylation is 2. The molecule has 1 aromatic rings. The lowest BCUT2D eigenvalue weighted by Crippen LogP contribution is -2.42. The second kappa shape index (κ2) is 9.08. The van der Waals surface area contributed by atoms with Crippen LogP contribution >= 0.6 is 11.8 Å². The highest BCUT2D eigenvalue weighted by atomic mass is 32.2. The van der Waals surface area contributed by atoms with Crippen LogP contribution in [0.1, 0.15) is 42.9 Å². The smallest absolute Gasteiger partial charge is 0.232 e. The molecule has 1 aliphatic heterocycles. The number of unbranched alkanes of at least 4 members (excludes halogenated alkanes) is 1. The van der Waals surface area contributed by atoms with E-state index < -0.39 is 9.84 Å². The van der Waals surface area contributed by atoms with Crippen molar-refractivity contribution in [3.8, 4) is 0 Å². The summed E-state index contributed by atoms with van der Waals surface area (Å²) >= 11 is 1.62. The number of carbonyl (C=O) groups excluding carboxylic acids is 1. The van der Waals surface area contributed by atoms with E-state index in [2.05, 4.69) is 39.0 Å². The minimum atomic E-state index is -2.97. The second-order valence-corrected chi connectivity index (χ2v) is 10.1. The van der Waals surface area contributed by atoms with Crippen molar-refractivity contribution in [2.24, 2.45) is 0 Å². The lowest BCUT2D eigenvalue weighted by atomic mass is 10.1. The van der Waals surface area contributed by atoms with Gasteiger partial charge >= 0.3 is 0 Å². The monoisotopic (exact) mass is 383 g/mol. The third-order valence-corrected chi connectivity index (χ3v) is 7.43. The predicted octanol–water partition coefficient (Wildman–Crippen LogP) is 3.35. The Morgan fingerprint density at radius 2 is 2.08 bits per heavy atom. The number of sulfone groups is 1. The van der Waals surface area contributed by atoms with Gasteiger partial charge in [0, 0.05) is 18.3 Å². The first-order chi connectivity index (χ1) is 11.8. The van der Waals surface area contributed by atoms with Crippen LogP contribution in [0, 0.1) is 13.8 Å². The zero-order valence-electron chi connectivity index (χ0n) is 15.5. The SMILES string of the molecule is CCCCN(C(=O)CSCc1cc(C)ccc1C)C1CCS(=O)(=O)C1. The van der Waals surface area contributed by atoms with Crippen LogP contribution < -0.4 is 0 Å². The number of amides is 1. The van der Waals surface area contributed by atoms with Gasteiger partial charge in [-0.3, -0.25) is 4.79 Å². The van der Waals surface area contributed by atoms with E-state index in [0.717, 1.165) is 18.6 Å². The Labute approximate surface area is 156 Å². The molecule has 2 rings (SSSR count).